The van der Waals surface area contributed by atoms with E-state index in [-0.39, 0.29) is 8.41 Å². The number of anilines is 6. The van der Waals surface area contributed by atoms with Gasteiger partial charge in [0, 0.05) is 109 Å². The van der Waals surface area contributed by atoms with E-state index in [0.29, 0.717) is 11.0 Å². The molecule has 7 nitrogen and oxygen atoms in total. The topological polar surface area (TPSA) is 86.4 Å². The van der Waals surface area contributed by atoms with Crippen molar-refractivity contribution in [1.29, 1.82) is 0 Å². The van der Waals surface area contributed by atoms with Crippen molar-refractivity contribution < 1.29 is 23.3 Å². The van der Waals surface area contributed by atoms with Gasteiger partial charge in [-0.1, -0.05) is 368 Å². The van der Waals surface area contributed by atoms with Crippen molar-refractivity contribution in [1.82, 2.24) is 0 Å². The zero-order valence-electron chi connectivity index (χ0n) is 67.0. The molecular formula is C114H79B2Br2N2O5-. The summed E-state index contributed by atoms with van der Waals surface area (Å²) in [7, 11) is -1.58. The van der Waals surface area contributed by atoms with Gasteiger partial charge in [-0.25, -0.2) is 0 Å². The van der Waals surface area contributed by atoms with Crippen molar-refractivity contribution in [2.45, 2.75) is 0 Å². The molecule has 23 aromatic rings. The van der Waals surface area contributed by atoms with E-state index in [4.69, 9.17) is 13.3 Å². The Kier molecular flexibility index (Phi) is 21.6. The summed E-state index contributed by atoms with van der Waals surface area (Å²) in [6, 6.07) is 155. The second-order valence-electron chi connectivity index (χ2n) is 31.0. The van der Waals surface area contributed by atoms with E-state index >= 15 is 0 Å². The number of fused-ring (bicyclic) bond motifs is 15. The molecule has 0 radical (unpaired) electrons. The second kappa shape index (κ2) is 34.2. The summed E-state index contributed by atoms with van der Waals surface area (Å²) in [6.07, 6.45) is 0. The molecule has 3 aromatic heterocycles. The summed E-state index contributed by atoms with van der Waals surface area (Å²) in [5, 5.41) is 32.9. The Bertz CT molecular complexity index is 7570. The van der Waals surface area contributed by atoms with Crippen LogP contribution in [0.25, 0.3) is 176 Å². The van der Waals surface area contributed by atoms with Crippen LogP contribution < -0.4 is 15.3 Å². The average Bonchev–Trinajstić information content (AvgIpc) is 1.61. The first-order valence-electron chi connectivity index (χ1n) is 41.4. The summed E-state index contributed by atoms with van der Waals surface area (Å²) in [5.41, 5.74) is 27.3. The fraction of sp³-hybridized carbons (Fsp3) is 0. The van der Waals surface area contributed by atoms with Gasteiger partial charge >= 0.3 is 7.12 Å². The van der Waals surface area contributed by atoms with Gasteiger partial charge in [0.1, 0.15) is 33.5 Å². The third-order valence-corrected chi connectivity index (χ3v) is 24.6. The van der Waals surface area contributed by atoms with Gasteiger partial charge in [-0.2, -0.15) is 0 Å². The molecule has 0 aliphatic carbocycles. The third kappa shape index (κ3) is 15.1. The molecule has 0 saturated carbocycles. The summed E-state index contributed by atoms with van der Waals surface area (Å²) in [5.74, 6) is 0. The van der Waals surface area contributed by atoms with Gasteiger partial charge in [-0.3, -0.25) is 0 Å². The average molecular weight is 1740 g/mol. The standard InChI is InChI=1S/C68H43NO2.C24H17Br2N.C22H15BO3.BH4/c1-4-16-44(17-5-1)45-30-36-52(37-31-45)69(53-38-32-48(33-39-53)57-26-14-28-59-63-55-24-12-10-22-50(55)42-61(67(63)70-65(57)59)46-18-6-2-7-19-46)54-40-34-49(35-41-54)58-27-15-29-60-64-56-25-13-11-23-51(56)43-62(68(64)71-66(58)60)47-20-8-3-9-21-47;25-20-8-14-23(15-9-20)27(24-16-10-21(26)11-17-24)22-12-6-19(7-13-22)18-4-2-1-3-5-18;24-23(25)19-12-6-11-17-20-16-10-5-4-9-15(16)13-18(22(20)26-21(17)19)14-7-2-1-3-8-14;/h1-43H;1-17H;1-13,24-25H;1H4/q;;;-1. The van der Waals surface area contributed by atoms with E-state index in [9.17, 15) is 10.0 Å². The number of para-hydroxylation sites is 3. The predicted octanol–water partition coefficient (Wildman–Crippen LogP) is 30.6. The molecule has 0 saturated heterocycles. The van der Waals surface area contributed by atoms with Crippen LogP contribution in [0.2, 0.25) is 0 Å². The Morgan fingerprint density at radius 2 is 0.432 bits per heavy atom. The van der Waals surface area contributed by atoms with E-state index in [2.05, 4.69) is 430 Å². The molecule has 20 aromatic carbocycles. The van der Waals surface area contributed by atoms with E-state index in [1.807, 2.05) is 48.5 Å². The summed E-state index contributed by atoms with van der Waals surface area (Å²) in [4.78, 5) is 4.59. The highest BCUT2D eigenvalue weighted by Gasteiger charge is 2.26. The maximum atomic E-state index is 9.74. The van der Waals surface area contributed by atoms with Crippen LogP contribution in [0.15, 0.2) is 465 Å². The quantitative estimate of drug-likeness (QED) is 0.105. The minimum Gasteiger partial charge on any atom is -0.456 e. The largest absolute Gasteiger partial charge is 0.492 e. The molecule has 0 bridgehead atoms. The fourth-order valence-electron chi connectivity index (χ4n) is 17.6. The number of halogens is 2. The molecule has 0 fully saturated rings. The molecule has 2 N–H and O–H groups in total. The van der Waals surface area contributed by atoms with Gasteiger partial charge < -0.3 is 33.1 Å². The highest BCUT2D eigenvalue weighted by Crippen LogP contribution is 2.49. The van der Waals surface area contributed by atoms with Crippen molar-refractivity contribution in [3.63, 3.8) is 0 Å². The van der Waals surface area contributed by atoms with Crippen molar-refractivity contribution in [3.05, 3.63) is 452 Å². The maximum Gasteiger partial charge on any atom is 0.492 e. The lowest BCUT2D eigenvalue weighted by atomic mass is 9.79. The third-order valence-electron chi connectivity index (χ3n) is 23.5. The Labute approximate surface area is 742 Å². The minimum atomic E-state index is -1.58. The number of furan rings is 3. The summed E-state index contributed by atoms with van der Waals surface area (Å²) < 4.78 is 22.4. The van der Waals surface area contributed by atoms with Crippen LogP contribution >= 0.6 is 31.9 Å². The van der Waals surface area contributed by atoms with Gasteiger partial charge in [0.2, 0.25) is 0 Å². The van der Waals surface area contributed by atoms with Crippen molar-refractivity contribution >= 4 is 185 Å². The number of benzene rings is 20. The number of hydrogen-bond donors (Lipinski definition) is 2. The lowest BCUT2D eigenvalue weighted by Gasteiger charge is -2.26. The molecule has 11 heteroatoms. The SMILES string of the molecule is Brc1ccc(N(c2ccc(Br)cc2)c2ccc(-c3ccccc3)cc2)cc1.OB(O)c1cccc2c1oc1c(-c3ccccc3)cc3ccccc3c12.[BH4-].c1ccc(-c2ccc(N(c3ccc(-c4cccc5c4oc4c(-c6ccccc6)cc6ccccc6c45)cc3)c3ccc(-c4cccc5c4oc4c(-c6ccccc6)cc6ccccc6c45)cc3)cc2)cc1. The smallest absolute Gasteiger partial charge is 0.456 e. The highest BCUT2D eigenvalue weighted by molar-refractivity contribution is 9.10. The lowest BCUT2D eigenvalue weighted by Crippen LogP contribution is -2.29. The molecule has 23 rings (SSSR count). The van der Waals surface area contributed by atoms with Gasteiger partial charge in [0.05, 0.1) is 0 Å². The predicted molar refractivity (Wildman–Crippen MR) is 538 cm³/mol. The van der Waals surface area contributed by atoms with Gasteiger partial charge in [-0.15, -0.1) is 0 Å². The molecule has 125 heavy (non-hydrogen) atoms. The van der Waals surface area contributed by atoms with Crippen LogP contribution in [-0.4, -0.2) is 25.6 Å². The van der Waals surface area contributed by atoms with Gasteiger partial charge in [0.25, 0.3) is 0 Å². The minimum absolute atomic E-state index is 0. The summed E-state index contributed by atoms with van der Waals surface area (Å²) >= 11 is 7.05. The van der Waals surface area contributed by atoms with E-state index in [1.54, 1.807) is 6.07 Å². The van der Waals surface area contributed by atoms with Crippen LogP contribution in [0.1, 0.15) is 0 Å². The first-order valence-corrected chi connectivity index (χ1v) is 43.0. The molecule has 0 aliphatic rings. The van der Waals surface area contributed by atoms with Gasteiger partial charge in [0.15, 0.2) is 0 Å². The van der Waals surface area contributed by atoms with E-state index < -0.39 is 7.12 Å². The van der Waals surface area contributed by atoms with Crippen LogP contribution in [0.5, 0.6) is 0 Å². The van der Waals surface area contributed by atoms with Crippen molar-refractivity contribution in [2.24, 2.45) is 0 Å². The Balaban J connectivity index is 0.000000148. The highest BCUT2D eigenvalue weighted by atomic mass is 79.9. The molecule has 596 valence electrons. The van der Waals surface area contributed by atoms with Crippen LogP contribution in [0.3, 0.4) is 0 Å². The summed E-state index contributed by atoms with van der Waals surface area (Å²) in [6.45, 7) is 0. The molecular weight excluding hydrogens is 1660 g/mol. The van der Waals surface area contributed by atoms with E-state index in [0.717, 1.165) is 170 Å². The van der Waals surface area contributed by atoms with Crippen molar-refractivity contribution in [3.8, 4) is 77.9 Å². The number of nitrogens with zero attached hydrogens (tertiary/aromatic N) is 2. The second-order valence-corrected chi connectivity index (χ2v) is 32.8. The first kappa shape index (κ1) is 78.7. The molecule has 0 spiro atoms. The van der Waals surface area contributed by atoms with E-state index in [1.165, 1.54) is 43.8 Å². The number of rotatable bonds is 14. The zero-order chi connectivity index (χ0) is 83.1. The Morgan fingerprint density at radius 1 is 0.200 bits per heavy atom. The molecule has 0 amide bonds. The Morgan fingerprint density at radius 3 is 0.744 bits per heavy atom. The van der Waals surface area contributed by atoms with Crippen LogP contribution in [-0.2, 0) is 0 Å². The first-order chi connectivity index (χ1) is 61.2. The molecule has 0 unspecified atom stereocenters. The van der Waals surface area contributed by atoms with Crippen molar-refractivity contribution in [2.75, 3.05) is 9.80 Å². The van der Waals surface area contributed by atoms with Crippen LogP contribution in [0, 0.1) is 0 Å². The zero-order valence-corrected chi connectivity index (χ0v) is 70.2. The Hall–Kier alpha value is -14.8. The normalized spacial score (nSPS) is 11.3. The maximum absolute atomic E-state index is 9.74. The molecule has 3 heterocycles. The molecule has 0 aliphatic heterocycles. The number of hydrogen-bond acceptors (Lipinski definition) is 7. The lowest BCUT2D eigenvalue weighted by molar-refractivity contribution is 0.425. The van der Waals surface area contributed by atoms with Crippen LogP contribution in [0.4, 0.5) is 34.1 Å². The monoisotopic (exact) mass is 1740 g/mol. The fourth-order valence-corrected chi connectivity index (χ4v) is 18.2. The van der Waals surface area contributed by atoms with Gasteiger partial charge in [-0.05, 0) is 198 Å². The molecule has 0 atom stereocenters.